The van der Waals surface area contributed by atoms with E-state index in [-0.39, 0.29) is 11.5 Å². The standard InChI is InChI=1S/C22H25N3O3/c1-15-13-17(6-7-18(15)24-21(26)19-5-4-11-27-19)25-10-9-23-20(25)16-8-12-28-22(2,3)14-16/h4-7,9-11,13,16H,8,12,14H2,1-3H3,(H,24,26)/t16-/m0/s1. The highest BCUT2D eigenvalue weighted by atomic mass is 16.5. The Hall–Kier alpha value is -2.86. The topological polar surface area (TPSA) is 69.3 Å². The number of hydrogen-bond donors (Lipinski definition) is 1. The van der Waals surface area contributed by atoms with Gasteiger partial charge in [-0.3, -0.25) is 4.79 Å². The smallest absolute Gasteiger partial charge is 0.291 e. The fourth-order valence-electron chi connectivity index (χ4n) is 3.82. The maximum absolute atomic E-state index is 12.2. The number of nitrogens with one attached hydrogen (secondary N) is 1. The van der Waals surface area contributed by atoms with Gasteiger partial charge in [0.25, 0.3) is 5.91 Å². The highest BCUT2D eigenvalue weighted by Crippen LogP contribution is 2.36. The first-order chi connectivity index (χ1) is 13.4. The van der Waals surface area contributed by atoms with E-state index in [0.29, 0.717) is 11.7 Å². The molecule has 28 heavy (non-hydrogen) atoms. The van der Waals surface area contributed by atoms with E-state index in [1.54, 1.807) is 12.1 Å². The third kappa shape index (κ3) is 3.73. The van der Waals surface area contributed by atoms with Gasteiger partial charge in [-0.05, 0) is 69.5 Å². The summed E-state index contributed by atoms with van der Waals surface area (Å²) in [6.07, 6.45) is 7.24. The molecule has 1 N–H and O–H groups in total. The summed E-state index contributed by atoms with van der Waals surface area (Å²) < 4.78 is 13.1. The first-order valence-corrected chi connectivity index (χ1v) is 9.56. The molecule has 1 saturated heterocycles. The summed E-state index contributed by atoms with van der Waals surface area (Å²) >= 11 is 0. The predicted octanol–water partition coefficient (Wildman–Crippen LogP) is 4.70. The fourth-order valence-corrected chi connectivity index (χ4v) is 3.82. The van der Waals surface area contributed by atoms with Gasteiger partial charge in [0.15, 0.2) is 5.76 Å². The van der Waals surface area contributed by atoms with Crippen LogP contribution in [0.3, 0.4) is 0 Å². The monoisotopic (exact) mass is 379 g/mol. The number of imidazole rings is 1. The number of furan rings is 1. The zero-order chi connectivity index (χ0) is 19.7. The lowest BCUT2D eigenvalue weighted by Gasteiger charge is -2.35. The van der Waals surface area contributed by atoms with Crippen LogP contribution in [-0.2, 0) is 4.74 Å². The summed E-state index contributed by atoms with van der Waals surface area (Å²) in [4.78, 5) is 16.9. The Labute approximate surface area is 164 Å². The minimum absolute atomic E-state index is 0.129. The van der Waals surface area contributed by atoms with Gasteiger partial charge in [-0.2, -0.15) is 0 Å². The molecule has 1 aromatic carbocycles. The van der Waals surface area contributed by atoms with Gasteiger partial charge in [0.05, 0.1) is 11.9 Å². The molecule has 0 saturated carbocycles. The van der Waals surface area contributed by atoms with Gasteiger partial charge in [-0.15, -0.1) is 0 Å². The Morgan fingerprint density at radius 3 is 2.89 bits per heavy atom. The average Bonchev–Trinajstić information content (AvgIpc) is 3.34. The van der Waals surface area contributed by atoms with Crippen LogP contribution < -0.4 is 5.32 Å². The molecule has 1 fully saturated rings. The molecular formula is C22H25N3O3. The molecule has 2 aromatic heterocycles. The number of aromatic nitrogens is 2. The van der Waals surface area contributed by atoms with Crippen molar-refractivity contribution in [2.75, 3.05) is 11.9 Å². The van der Waals surface area contributed by atoms with Crippen LogP contribution in [0.4, 0.5) is 5.69 Å². The predicted molar refractivity (Wildman–Crippen MR) is 107 cm³/mol. The van der Waals surface area contributed by atoms with Crippen molar-refractivity contribution in [3.8, 4) is 5.69 Å². The molecule has 6 heteroatoms. The third-order valence-electron chi connectivity index (χ3n) is 5.21. The lowest BCUT2D eigenvalue weighted by atomic mass is 9.87. The molecule has 0 aliphatic carbocycles. The van der Waals surface area contributed by atoms with Gasteiger partial charge >= 0.3 is 0 Å². The van der Waals surface area contributed by atoms with Gasteiger partial charge in [-0.25, -0.2) is 4.98 Å². The zero-order valence-electron chi connectivity index (χ0n) is 16.4. The lowest BCUT2D eigenvalue weighted by Crippen LogP contribution is -2.33. The second kappa shape index (κ2) is 7.28. The largest absolute Gasteiger partial charge is 0.459 e. The number of hydrogen-bond acceptors (Lipinski definition) is 4. The van der Waals surface area contributed by atoms with Crippen LogP contribution in [-0.4, -0.2) is 27.7 Å². The van der Waals surface area contributed by atoms with E-state index in [2.05, 4.69) is 34.8 Å². The Morgan fingerprint density at radius 1 is 1.32 bits per heavy atom. The van der Waals surface area contributed by atoms with Crippen molar-refractivity contribution in [2.24, 2.45) is 0 Å². The number of anilines is 1. The Morgan fingerprint density at radius 2 is 2.18 bits per heavy atom. The number of amides is 1. The quantitative estimate of drug-likeness (QED) is 0.713. The molecule has 1 atom stereocenters. The van der Waals surface area contributed by atoms with Crippen LogP contribution >= 0.6 is 0 Å². The fraction of sp³-hybridized carbons (Fsp3) is 0.364. The highest BCUT2D eigenvalue weighted by Gasteiger charge is 2.32. The van der Waals surface area contributed by atoms with Gasteiger partial charge in [0.1, 0.15) is 5.82 Å². The van der Waals surface area contributed by atoms with E-state index in [1.807, 2.05) is 31.5 Å². The van der Waals surface area contributed by atoms with Crippen molar-refractivity contribution in [2.45, 2.75) is 45.1 Å². The van der Waals surface area contributed by atoms with E-state index >= 15 is 0 Å². The first kappa shape index (κ1) is 18.5. The third-order valence-corrected chi connectivity index (χ3v) is 5.21. The van der Waals surface area contributed by atoms with Crippen LogP contribution in [0.1, 0.15) is 54.5 Å². The van der Waals surface area contributed by atoms with Crippen molar-refractivity contribution in [1.82, 2.24) is 9.55 Å². The van der Waals surface area contributed by atoms with Crippen molar-refractivity contribution >= 4 is 11.6 Å². The van der Waals surface area contributed by atoms with Crippen LogP contribution in [0.25, 0.3) is 5.69 Å². The van der Waals surface area contributed by atoms with Gasteiger partial charge in [0, 0.05) is 36.3 Å². The molecule has 0 bridgehead atoms. The molecule has 0 radical (unpaired) electrons. The number of benzene rings is 1. The number of nitrogens with zero attached hydrogens (tertiary/aromatic N) is 2. The number of carbonyl (C=O) groups is 1. The van der Waals surface area contributed by atoms with Crippen LogP contribution in [0.2, 0.25) is 0 Å². The van der Waals surface area contributed by atoms with Crippen molar-refractivity contribution in [3.05, 3.63) is 66.1 Å². The molecule has 0 spiro atoms. The second-order valence-electron chi connectivity index (χ2n) is 7.88. The Kier molecular flexibility index (Phi) is 4.81. The van der Waals surface area contributed by atoms with Gasteiger partial charge in [-0.1, -0.05) is 0 Å². The summed E-state index contributed by atoms with van der Waals surface area (Å²) in [5, 5.41) is 2.90. The van der Waals surface area contributed by atoms with E-state index in [9.17, 15) is 4.79 Å². The maximum Gasteiger partial charge on any atom is 0.291 e. The minimum Gasteiger partial charge on any atom is -0.459 e. The Balaban J connectivity index is 1.57. The number of rotatable bonds is 4. The molecule has 3 heterocycles. The number of aryl methyl sites for hydroxylation is 1. The second-order valence-corrected chi connectivity index (χ2v) is 7.88. The van der Waals surface area contributed by atoms with Gasteiger partial charge in [0.2, 0.25) is 0 Å². The van der Waals surface area contributed by atoms with E-state index in [1.165, 1.54) is 6.26 Å². The summed E-state index contributed by atoms with van der Waals surface area (Å²) in [5.74, 6) is 1.46. The molecule has 3 aromatic rings. The molecule has 146 valence electrons. The van der Waals surface area contributed by atoms with E-state index in [4.69, 9.17) is 9.15 Å². The maximum atomic E-state index is 12.2. The summed E-state index contributed by atoms with van der Waals surface area (Å²) in [6, 6.07) is 9.33. The lowest BCUT2D eigenvalue weighted by molar-refractivity contribution is -0.0604. The normalized spacial score (nSPS) is 18.8. The Bertz CT molecular complexity index is 973. The molecular weight excluding hydrogens is 354 g/mol. The molecule has 1 aliphatic heterocycles. The molecule has 1 amide bonds. The minimum atomic E-state index is -0.256. The van der Waals surface area contributed by atoms with Gasteiger partial charge < -0.3 is 19.0 Å². The SMILES string of the molecule is Cc1cc(-n2ccnc2[C@H]2CCOC(C)(C)C2)ccc1NC(=O)c1ccco1. The highest BCUT2D eigenvalue weighted by molar-refractivity contribution is 6.02. The van der Waals surface area contributed by atoms with Crippen molar-refractivity contribution in [1.29, 1.82) is 0 Å². The summed E-state index contributed by atoms with van der Waals surface area (Å²) in [5.41, 5.74) is 2.64. The number of carbonyl (C=O) groups excluding carboxylic acids is 1. The molecule has 0 unspecified atom stereocenters. The zero-order valence-corrected chi connectivity index (χ0v) is 16.4. The van der Waals surface area contributed by atoms with Crippen molar-refractivity contribution < 1.29 is 13.9 Å². The first-order valence-electron chi connectivity index (χ1n) is 9.56. The summed E-state index contributed by atoms with van der Waals surface area (Å²) in [6.45, 7) is 7.00. The molecule has 6 nitrogen and oxygen atoms in total. The molecule has 1 aliphatic rings. The van der Waals surface area contributed by atoms with E-state index in [0.717, 1.165) is 42.2 Å². The van der Waals surface area contributed by atoms with Crippen LogP contribution in [0, 0.1) is 6.92 Å². The van der Waals surface area contributed by atoms with Crippen LogP contribution in [0.15, 0.2) is 53.4 Å². The van der Waals surface area contributed by atoms with Crippen LogP contribution in [0.5, 0.6) is 0 Å². The molecule has 4 rings (SSSR count). The summed E-state index contributed by atoms with van der Waals surface area (Å²) in [7, 11) is 0. The average molecular weight is 379 g/mol. The number of ether oxygens (including phenoxy) is 1. The van der Waals surface area contributed by atoms with Crippen molar-refractivity contribution in [3.63, 3.8) is 0 Å². The van der Waals surface area contributed by atoms with E-state index < -0.39 is 0 Å².